The Labute approximate surface area is 212 Å². The molecule has 0 amide bonds. The molecule has 4 heteroatoms. The highest BCUT2D eigenvalue weighted by Crippen LogP contribution is 2.36. The summed E-state index contributed by atoms with van der Waals surface area (Å²) in [6, 6.07) is 17.2. The van der Waals surface area contributed by atoms with Gasteiger partial charge < -0.3 is 19.3 Å². The van der Waals surface area contributed by atoms with Crippen molar-refractivity contribution in [3.63, 3.8) is 0 Å². The van der Waals surface area contributed by atoms with Gasteiger partial charge in [-0.2, -0.15) is 0 Å². The fourth-order valence-corrected chi connectivity index (χ4v) is 4.36. The van der Waals surface area contributed by atoms with Crippen molar-refractivity contribution in [2.75, 3.05) is 54.5 Å². The average Bonchev–Trinajstić information content (AvgIpc) is 3.38. The number of rotatable bonds is 14. The first-order chi connectivity index (χ1) is 17.0. The summed E-state index contributed by atoms with van der Waals surface area (Å²) in [4.78, 5) is 4.36. The van der Waals surface area contributed by atoms with Gasteiger partial charge in [-0.05, 0) is 88.4 Å². The molecule has 0 saturated carbocycles. The van der Waals surface area contributed by atoms with Crippen LogP contribution in [-0.4, -0.2) is 64.3 Å². The Bertz CT molecular complexity index is 912. The Balaban J connectivity index is 1.80. The molecule has 0 saturated heterocycles. The highest BCUT2D eigenvalue weighted by atomic mass is 16.5. The predicted molar refractivity (Wildman–Crippen MR) is 148 cm³/mol. The van der Waals surface area contributed by atoms with Gasteiger partial charge >= 0.3 is 0 Å². The molecule has 0 aromatic heterocycles. The zero-order chi connectivity index (χ0) is 25.0. The molecular formula is C31H42N2O2. The molecule has 2 aromatic rings. The smallest absolute Gasteiger partial charge is 0.119 e. The van der Waals surface area contributed by atoms with E-state index in [-0.39, 0.29) is 0 Å². The van der Waals surface area contributed by atoms with Crippen LogP contribution in [0.3, 0.4) is 0 Å². The summed E-state index contributed by atoms with van der Waals surface area (Å²) < 4.78 is 12.0. The maximum Gasteiger partial charge on any atom is 0.119 e. The normalized spacial score (nSPS) is 13.1. The zero-order valence-electron chi connectivity index (χ0n) is 22.2. The minimum absolute atomic E-state index is 0.332. The zero-order valence-corrected chi connectivity index (χ0v) is 22.2. The Morgan fingerprint density at radius 2 is 1.11 bits per heavy atom. The predicted octanol–water partition coefficient (Wildman–Crippen LogP) is 6.30. The Kier molecular flexibility index (Phi) is 10.6. The summed E-state index contributed by atoms with van der Waals surface area (Å²) in [5.74, 6) is 2.18. The average molecular weight is 475 g/mol. The number of benzene rings is 2. The van der Waals surface area contributed by atoms with Crippen LogP contribution in [0.5, 0.6) is 11.5 Å². The fourth-order valence-electron chi connectivity index (χ4n) is 4.36. The molecule has 0 fully saturated rings. The maximum absolute atomic E-state index is 5.98. The third-order valence-corrected chi connectivity index (χ3v) is 6.18. The Morgan fingerprint density at radius 1 is 0.686 bits per heavy atom. The van der Waals surface area contributed by atoms with Crippen LogP contribution >= 0.6 is 0 Å². The molecule has 0 heterocycles. The van der Waals surface area contributed by atoms with Crippen LogP contribution in [0, 0.1) is 5.92 Å². The molecule has 4 nitrogen and oxygen atoms in total. The maximum atomic E-state index is 5.98. The number of hydrogen-bond acceptors (Lipinski definition) is 4. The lowest BCUT2D eigenvalue weighted by Crippen LogP contribution is -2.15. The molecule has 2 aromatic carbocycles. The largest absolute Gasteiger partial charge is 0.494 e. The number of hydrogen-bond donors (Lipinski definition) is 0. The second kappa shape index (κ2) is 13.9. The molecule has 0 unspecified atom stereocenters. The Hall–Kier alpha value is -2.82. The standard InChI is InChI=1S/C31H42N2O2/c1-6-30(25-11-7-8-12-25)31(26-13-17-28(18-14-26)34-23-9-21-32(2)3)27-15-19-29(20-16-27)35-24-10-22-33(4)5/h7-8,11-20,25H,6,9-10,21-24H2,1-5H3. The lowest BCUT2D eigenvalue weighted by molar-refractivity contribution is 0.281. The summed E-state index contributed by atoms with van der Waals surface area (Å²) >= 11 is 0. The van der Waals surface area contributed by atoms with E-state index < -0.39 is 0 Å². The second-order valence-corrected chi connectivity index (χ2v) is 9.61. The van der Waals surface area contributed by atoms with Gasteiger partial charge in [-0.15, -0.1) is 0 Å². The molecule has 0 radical (unpaired) electrons. The van der Waals surface area contributed by atoms with E-state index in [4.69, 9.17) is 9.47 Å². The third-order valence-electron chi connectivity index (χ3n) is 6.18. The van der Waals surface area contributed by atoms with E-state index in [0.717, 1.165) is 57.1 Å². The van der Waals surface area contributed by atoms with Gasteiger partial charge in [-0.3, -0.25) is 0 Å². The quantitative estimate of drug-likeness (QED) is 0.300. The van der Waals surface area contributed by atoms with Crippen molar-refractivity contribution >= 4 is 5.57 Å². The molecule has 0 aliphatic heterocycles. The molecule has 0 atom stereocenters. The monoisotopic (exact) mass is 474 g/mol. The summed E-state index contributed by atoms with van der Waals surface area (Å²) in [5, 5.41) is 0. The van der Waals surface area contributed by atoms with E-state index in [1.807, 2.05) is 0 Å². The summed E-state index contributed by atoms with van der Waals surface area (Å²) in [6.07, 6.45) is 11.9. The van der Waals surface area contributed by atoms with Gasteiger partial charge in [0.1, 0.15) is 11.5 Å². The lowest BCUT2D eigenvalue weighted by atomic mass is 9.85. The van der Waals surface area contributed by atoms with Crippen LogP contribution in [-0.2, 0) is 0 Å². The van der Waals surface area contributed by atoms with Gasteiger partial charge in [-0.1, -0.05) is 61.1 Å². The summed E-state index contributed by atoms with van der Waals surface area (Å²) in [6.45, 7) is 5.77. The van der Waals surface area contributed by atoms with Crippen molar-refractivity contribution in [2.45, 2.75) is 26.2 Å². The number of allylic oxidation sites excluding steroid dienone is 5. The SMILES string of the molecule is CCC(=C(c1ccc(OCCCN(C)C)cc1)c1ccc(OCCCN(C)C)cc1)C1C=CC=C1. The first-order valence-corrected chi connectivity index (χ1v) is 12.8. The molecule has 1 aliphatic carbocycles. The van der Waals surface area contributed by atoms with Gasteiger partial charge in [0.2, 0.25) is 0 Å². The van der Waals surface area contributed by atoms with Crippen molar-refractivity contribution in [1.29, 1.82) is 0 Å². The van der Waals surface area contributed by atoms with E-state index in [1.165, 1.54) is 22.3 Å². The van der Waals surface area contributed by atoms with Crippen LogP contribution in [0.15, 0.2) is 78.4 Å². The topological polar surface area (TPSA) is 24.9 Å². The Morgan fingerprint density at radius 3 is 1.49 bits per heavy atom. The highest BCUT2D eigenvalue weighted by Gasteiger charge is 2.17. The van der Waals surface area contributed by atoms with Gasteiger partial charge in [-0.25, -0.2) is 0 Å². The van der Waals surface area contributed by atoms with E-state index in [2.05, 4.69) is 118 Å². The summed E-state index contributed by atoms with van der Waals surface area (Å²) in [5.41, 5.74) is 5.16. The minimum Gasteiger partial charge on any atom is -0.494 e. The molecule has 35 heavy (non-hydrogen) atoms. The lowest BCUT2D eigenvalue weighted by Gasteiger charge is -2.20. The molecule has 188 valence electrons. The highest BCUT2D eigenvalue weighted by molar-refractivity contribution is 5.83. The van der Waals surface area contributed by atoms with E-state index in [0.29, 0.717) is 5.92 Å². The molecule has 3 rings (SSSR count). The van der Waals surface area contributed by atoms with Gasteiger partial charge in [0.15, 0.2) is 0 Å². The van der Waals surface area contributed by atoms with E-state index >= 15 is 0 Å². The second-order valence-electron chi connectivity index (χ2n) is 9.61. The van der Waals surface area contributed by atoms with Crippen molar-refractivity contribution < 1.29 is 9.47 Å². The molecule has 1 aliphatic rings. The fraction of sp³-hybridized carbons (Fsp3) is 0.419. The van der Waals surface area contributed by atoms with Crippen molar-refractivity contribution in [1.82, 2.24) is 9.80 Å². The molecular weight excluding hydrogens is 432 g/mol. The third kappa shape index (κ3) is 8.41. The molecule has 0 spiro atoms. The van der Waals surface area contributed by atoms with E-state index in [9.17, 15) is 0 Å². The van der Waals surface area contributed by atoms with Gasteiger partial charge in [0.25, 0.3) is 0 Å². The van der Waals surface area contributed by atoms with Crippen LogP contribution < -0.4 is 9.47 Å². The summed E-state index contributed by atoms with van der Waals surface area (Å²) in [7, 11) is 8.36. The first kappa shape index (κ1) is 26.8. The van der Waals surface area contributed by atoms with E-state index in [1.54, 1.807) is 0 Å². The van der Waals surface area contributed by atoms with Crippen LogP contribution in [0.2, 0.25) is 0 Å². The first-order valence-electron chi connectivity index (χ1n) is 12.8. The van der Waals surface area contributed by atoms with Crippen LogP contribution in [0.4, 0.5) is 0 Å². The van der Waals surface area contributed by atoms with Crippen LogP contribution in [0.1, 0.15) is 37.3 Å². The van der Waals surface area contributed by atoms with Crippen LogP contribution in [0.25, 0.3) is 5.57 Å². The minimum atomic E-state index is 0.332. The van der Waals surface area contributed by atoms with Crippen molar-refractivity contribution in [3.05, 3.63) is 89.5 Å². The van der Waals surface area contributed by atoms with Crippen molar-refractivity contribution in [2.24, 2.45) is 5.92 Å². The number of nitrogens with zero attached hydrogens (tertiary/aromatic N) is 2. The number of ether oxygens (including phenoxy) is 2. The van der Waals surface area contributed by atoms with Crippen molar-refractivity contribution in [3.8, 4) is 11.5 Å². The van der Waals surface area contributed by atoms with Gasteiger partial charge in [0, 0.05) is 19.0 Å². The van der Waals surface area contributed by atoms with Gasteiger partial charge in [0.05, 0.1) is 13.2 Å². The molecule has 0 N–H and O–H groups in total. The molecule has 0 bridgehead atoms.